The highest BCUT2D eigenvalue weighted by molar-refractivity contribution is 5.66. The number of phenolic OH excluding ortho intramolecular Hbond substituents is 1. The number of allylic oxidation sites excluding steroid dienone is 1. The predicted molar refractivity (Wildman–Crippen MR) is 65.6 cm³/mol. The van der Waals surface area contributed by atoms with Crippen LogP contribution >= 0.6 is 0 Å². The van der Waals surface area contributed by atoms with Crippen molar-refractivity contribution in [2.75, 3.05) is 0 Å². The van der Waals surface area contributed by atoms with Crippen LogP contribution in [0.1, 0.15) is 24.8 Å². The molecule has 2 rings (SSSR count). The average molecular weight is 240 g/mol. The molecule has 0 saturated heterocycles. The fourth-order valence-corrected chi connectivity index (χ4v) is 1.64. The lowest BCUT2D eigenvalue weighted by Gasteiger charge is -2.26. The highest BCUT2D eigenvalue weighted by atomic mass is 16.5. The molecule has 0 heterocycles. The minimum absolute atomic E-state index is 0.00910. The summed E-state index contributed by atoms with van der Waals surface area (Å²) in [6, 6.07) is 8.38. The van der Waals surface area contributed by atoms with E-state index in [1.165, 1.54) is 18.6 Å². The molecule has 0 amide bonds. The Hall–Kier alpha value is -2.46. The maximum Gasteiger partial charge on any atom is 0.130 e. The summed E-state index contributed by atoms with van der Waals surface area (Å²) in [4.78, 5) is 0. The second-order valence-corrected chi connectivity index (χ2v) is 4.17. The first kappa shape index (κ1) is 12.0. The largest absolute Gasteiger partial charge is 0.507 e. The monoisotopic (exact) mass is 240 g/mol. The number of ether oxygens (including phenoxy) is 1. The Labute approximate surface area is 105 Å². The van der Waals surface area contributed by atoms with Crippen LogP contribution in [-0.2, 0) is 0 Å². The SMILES string of the molecule is N#CC(C#N)=Cc1ccc(OC2CCC2)cc1O. The van der Waals surface area contributed by atoms with Crippen LogP contribution in [0.5, 0.6) is 11.5 Å². The van der Waals surface area contributed by atoms with E-state index >= 15 is 0 Å². The summed E-state index contributed by atoms with van der Waals surface area (Å²) in [6.07, 6.45) is 4.89. The van der Waals surface area contributed by atoms with Crippen molar-refractivity contribution in [3.05, 3.63) is 29.3 Å². The van der Waals surface area contributed by atoms with Gasteiger partial charge in [-0.1, -0.05) is 0 Å². The van der Waals surface area contributed by atoms with Gasteiger partial charge < -0.3 is 9.84 Å². The van der Waals surface area contributed by atoms with Gasteiger partial charge in [-0.2, -0.15) is 10.5 Å². The van der Waals surface area contributed by atoms with Gasteiger partial charge in [-0.25, -0.2) is 0 Å². The van der Waals surface area contributed by atoms with Crippen LogP contribution < -0.4 is 4.74 Å². The van der Waals surface area contributed by atoms with Gasteiger partial charge in [0.2, 0.25) is 0 Å². The van der Waals surface area contributed by atoms with Gasteiger partial charge >= 0.3 is 0 Å². The van der Waals surface area contributed by atoms with E-state index < -0.39 is 0 Å². The molecule has 4 heteroatoms. The van der Waals surface area contributed by atoms with Crippen molar-refractivity contribution in [2.45, 2.75) is 25.4 Å². The molecule has 0 unspecified atom stereocenters. The molecule has 1 aliphatic carbocycles. The maximum absolute atomic E-state index is 9.79. The molecule has 1 N–H and O–H groups in total. The minimum atomic E-state index is -0.0436. The Morgan fingerprint density at radius 1 is 1.33 bits per heavy atom. The zero-order valence-electron chi connectivity index (χ0n) is 9.76. The molecule has 4 nitrogen and oxygen atoms in total. The summed E-state index contributed by atoms with van der Waals surface area (Å²) in [5, 5.41) is 27.1. The van der Waals surface area contributed by atoms with Crippen molar-refractivity contribution in [1.82, 2.24) is 0 Å². The zero-order chi connectivity index (χ0) is 13.0. The van der Waals surface area contributed by atoms with Gasteiger partial charge in [-0.3, -0.25) is 0 Å². The van der Waals surface area contributed by atoms with E-state index in [-0.39, 0.29) is 17.4 Å². The summed E-state index contributed by atoms with van der Waals surface area (Å²) < 4.78 is 5.63. The third-order valence-electron chi connectivity index (χ3n) is 2.90. The lowest BCUT2D eigenvalue weighted by molar-refractivity contribution is 0.120. The number of hydrogen-bond acceptors (Lipinski definition) is 4. The van der Waals surface area contributed by atoms with Crippen molar-refractivity contribution in [3.63, 3.8) is 0 Å². The van der Waals surface area contributed by atoms with Gasteiger partial charge in [0, 0.05) is 11.6 Å². The Bertz CT molecular complexity index is 544. The fourth-order valence-electron chi connectivity index (χ4n) is 1.64. The van der Waals surface area contributed by atoms with E-state index in [2.05, 4.69) is 0 Å². The molecule has 1 aliphatic rings. The van der Waals surface area contributed by atoms with Crippen molar-refractivity contribution in [1.29, 1.82) is 10.5 Å². The summed E-state index contributed by atoms with van der Waals surface area (Å²) in [5.74, 6) is 0.625. The number of rotatable bonds is 3. The van der Waals surface area contributed by atoms with Crippen molar-refractivity contribution in [2.24, 2.45) is 0 Å². The first-order valence-corrected chi connectivity index (χ1v) is 5.74. The molecule has 18 heavy (non-hydrogen) atoms. The number of benzene rings is 1. The highest BCUT2D eigenvalue weighted by Crippen LogP contribution is 2.29. The van der Waals surface area contributed by atoms with Gasteiger partial charge in [-0.05, 0) is 37.5 Å². The van der Waals surface area contributed by atoms with E-state index in [0.717, 1.165) is 12.8 Å². The average Bonchev–Trinajstić information content (AvgIpc) is 2.33. The summed E-state index contributed by atoms with van der Waals surface area (Å²) in [7, 11) is 0. The second-order valence-electron chi connectivity index (χ2n) is 4.17. The highest BCUT2D eigenvalue weighted by Gasteiger charge is 2.19. The van der Waals surface area contributed by atoms with Crippen molar-refractivity contribution in [3.8, 4) is 23.6 Å². The molecular formula is C14H12N2O2. The predicted octanol–water partition coefficient (Wildman–Crippen LogP) is 2.75. The van der Waals surface area contributed by atoms with Gasteiger partial charge in [0.25, 0.3) is 0 Å². The molecule has 1 aromatic rings. The third-order valence-corrected chi connectivity index (χ3v) is 2.90. The quantitative estimate of drug-likeness (QED) is 0.824. The van der Waals surface area contributed by atoms with Crippen LogP contribution in [0.4, 0.5) is 0 Å². The number of phenols is 1. The number of hydrogen-bond donors (Lipinski definition) is 1. The van der Waals surface area contributed by atoms with Gasteiger partial charge in [0.1, 0.15) is 29.2 Å². The normalized spacial score (nSPS) is 13.9. The van der Waals surface area contributed by atoms with Crippen molar-refractivity contribution >= 4 is 6.08 Å². The molecular weight excluding hydrogens is 228 g/mol. The zero-order valence-corrected chi connectivity index (χ0v) is 9.76. The van der Waals surface area contributed by atoms with Crippen molar-refractivity contribution < 1.29 is 9.84 Å². The lowest BCUT2D eigenvalue weighted by atomic mass is 9.96. The third kappa shape index (κ3) is 2.61. The summed E-state index contributed by atoms with van der Waals surface area (Å²) in [6.45, 7) is 0. The minimum Gasteiger partial charge on any atom is -0.507 e. The van der Waals surface area contributed by atoms with E-state index in [1.54, 1.807) is 24.3 Å². The molecule has 0 aliphatic heterocycles. The fraction of sp³-hybridized carbons (Fsp3) is 0.286. The Balaban J connectivity index is 2.17. The number of nitrogens with zero attached hydrogens (tertiary/aromatic N) is 2. The van der Waals surface area contributed by atoms with Gasteiger partial charge in [-0.15, -0.1) is 0 Å². The Morgan fingerprint density at radius 3 is 2.56 bits per heavy atom. The Morgan fingerprint density at radius 2 is 2.06 bits per heavy atom. The Kier molecular flexibility index (Phi) is 3.50. The summed E-state index contributed by atoms with van der Waals surface area (Å²) >= 11 is 0. The molecule has 1 saturated carbocycles. The van der Waals surface area contributed by atoms with Crippen LogP contribution in [0.2, 0.25) is 0 Å². The first-order valence-electron chi connectivity index (χ1n) is 5.74. The van der Waals surface area contributed by atoms with E-state index in [9.17, 15) is 5.11 Å². The topological polar surface area (TPSA) is 77.0 Å². The molecule has 0 spiro atoms. The molecule has 1 fully saturated rings. The van der Waals surface area contributed by atoms with E-state index in [4.69, 9.17) is 15.3 Å². The van der Waals surface area contributed by atoms with Gasteiger partial charge in [0.05, 0.1) is 6.10 Å². The van der Waals surface area contributed by atoms with Crippen LogP contribution in [0.3, 0.4) is 0 Å². The maximum atomic E-state index is 9.79. The summed E-state index contributed by atoms with van der Waals surface area (Å²) in [5.41, 5.74) is 0.395. The van der Waals surface area contributed by atoms with Gasteiger partial charge in [0.15, 0.2) is 0 Å². The molecule has 0 aromatic heterocycles. The van der Waals surface area contributed by atoms with E-state index in [1.807, 2.05) is 0 Å². The molecule has 90 valence electrons. The van der Waals surface area contributed by atoms with Crippen LogP contribution in [0.25, 0.3) is 6.08 Å². The standard InChI is InChI=1S/C14H12N2O2/c15-8-10(9-16)6-11-4-5-13(7-14(11)17)18-12-2-1-3-12/h4-7,12,17H,1-3H2. The smallest absolute Gasteiger partial charge is 0.130 e. The first-order chi connectivity index (χ1) is 8.72. The number of aromatic hydroxyl groups is 1. The van der Waals surface area contributed by atoms with Crippen LogP contribution in [-0.4, -0.2) is 11.2 Å². The molecule has 0 radical (unpaired) electrons. The van der Waals surface area contributed by atoms with Crippen LogP contribution in [0.15, 0.2) is 23.8 Å². The molecule has 0 atom stereocenters. The van der Waals surface area contributed by atoms with E-state index in [0.29, 0.717) is 11.3 Å². The number of nitriles is 2. The second kappa shape index (κ2) is 5.25. The molecule has 0 bridgehead atoms. The van der Waals surface area contributed by atoms with Crippen LogP contribution in [0, 0.1) is 22.7 Å². The molecule has 1 aromatic carbocycles. The lowest BCUT2D eigenvalue weighted by Crippen LogP contribution is -2.24.